The van der Waals surface area contributed by atoms with Crippen LogP contribution in [0.3, 0.4) is 0 Å². The first-order chi connectivity index (χ1) is 14.8. The maximum atomic E-state index is 13.0. The quantitative estimate of drug-likeness (QED) is 0.312. The van der Waals surface area contributed by atoms with Crippen LogP contribution in [0.2, 0.25) is 5.02 Å². The topological polar surface area (TPSA) is 83.7 Å². The van der Waals surface area contributed by atoms with Gasteiger partial charge >= 0.3 is 0 Å². The highest BCUT2D eigenvalue weighted by Crippen LogP contribution is 2.38. The molecular formula is C23H37Cl2N3O3S. The van der Waals surface area contributed by atoms with Crippen LogP contribution in [0.5, 0.6) is 0 Å². The first-order valence-electron chi connectivity index (χ1n) is 11.6. The number of hydrogen-bond donors (Lipinski definition) is 1. The Morgan fingerprint density at radius 1 is 1.09 bits per heavy atom. The highest BCUT2D eigenvalue weighted by atomic mass is 35.5. The molecule has 0 amide bonds. The van der Waals surface area contributed by atoms with E-state index in [9.17, 15) is 13.2 Å². The Morgan fingerprint density at radius 2 is 1.72 bits per heavy atom. The largest absolute Gasteiger partial charge is 0.398 e. The summed E-state index contributed by atoms with van der Waals surface area (Å²) in [6.07, 6.45) is 8.66. The third-order valence-electron chi connectivity index (χ3n) is 6.94. The fourth-order valence-corrected chi connectivity index (χ4v) is 7.03. The fraction of sp³-hybridized carbons (Fsp3) is 0.696. The Labute approximate surface area is 204 Å². The predicted octanol–water partition coefficient (Wildman–Crippen LogP) is 4.76. The van der Waals surface area contributed by atoms with E-state index in [1.807, 2.05) is 6.92 Å². The molecule has 1 aromatic carbocycles. The predicted molar refractivity (Wildman–Crippen MR) is 134 cm³/mol. The van der Waals surface area contributed by atoms with Gasteiger partial charge in [-0.05, 0) is 37.8 Å². The van der Waals surface area contributed by atoms with Crippen molar-refractivity contribution in [2.24, 2.45) is 0 Å². The van der Waals surface area contributed by atoms with Crippen molar-refractivity contribution < 1.29 is 13.2 Å². The molecule has 1 aliphatic carbocycles. The van der Waals surface area contributed by atoms with Crippen molar-refractivity contribution in [3.63, 3.8) is 0 Å². The maximum Gasteiger partial charge on any atom is 0.214 e. The lowest BCUT2D eigenvalue weighted by molar-refractivity contribution is 0.0320. The van der Waals surface area contributed by atoms with Crippen LogP contribution in [-0.4, -0.2) is 60.9 Å². The summed E-state index contributed by atoms with van der Waals surface area (Å²) in [6.45, 7) is 4.43. The van der Waals surface area contributed by atoms with Crippen molar-refractivity contribution in [3.8, 4) is 0 Å². The average Bonchev–Trinajstić information content (AvgIpc) is 2.99. The highest BCUT2D eigenvalue weighted by Gasteiger charge is 2.40. The van der Waals surface area contributed by atoms with Crippen LogP contribution in [0.1, 0.15) is 75.1 Å². The number of halogens is 2. The number of hydrogen-bond acceptors (Lipinski definition) is 5. The molecule has 3 rings (SSSR count). The minimum atomic E-state index is -3.16. The molecule has 1 aliphatic heterocycles. The van der Waals surface area contributed by atoms with Crippen molar-refractivity contribution in [3.05, 3.63) is 28.8 Å². The molecule has 2 aliphatic rings. The lowest BCUT2D eigenvalue weighted by Gasteiger charge is -2.48. The molecule has 2 N–H and O–H groups in total. The second-order valence-corrected chi connectivity index (χ2v) is 11.5. The van der Waals surface area contributed by atoms with Crippen LogP contribution in [0, 0.1) is 0 Å². The highest BCUT2D eigenvalue weighted by molar-refractivity contribution is 7.89. The van der Waals surface area contributed by atoms with Crippen LogP contribution < -0.4 is 5.73 Å². The number of carbonyl (C=O) groups is 1. The van der Waals surface area contributed by atoms with Gasteiger partial charge < -0.3 is 5.73 Å². The molecule has 0 unspecified atom stereocenters. The molecule has 6 nitrogen and oxygen atoms in total. The number of Topliss-reactive ketones (excluding diaryl/α,β-unsaturated/α-hetero) is 1. The monoisotopic (exact) mass is 505 g/mol. The lowest BCUT2D eigenvalue weighted by Crippen LogP contribution is -2.58. The summed E-state index contributed by atoms with van der Waals surface area (Å²) in [4.78, 5) is 15.5. The molecule has 2 fully saturated rings. The van der Waals surface area contributed by atoms with E-state index in [1.54, 1.807) is 22.5 Å². The number of anilines is 1. The molecule has 0 atom stereocenters. The molecule has 1 saturated heterocycles. The van der Waals surface area contributed by atoms with Gasteiger partial charge in [0.05, 0.1) is 16.3 Å². The van der Waals surface area contributed by atoms with Gasteiger partial charge in [0.2, 0.25) is 10.0 Å². The number of piperazine rings is 1. The molecule has 1 heterocycles. The van der Waals surface area contributed by atoms with E-state index in [4.69, 9.17) is 17.3 Å². The second-order valence-electron chi connectivity index (χ2n) is 8.97. The SMILES string of the molecule is CCCS(=O)(=O)N1CCN(C2(CCC(=O)c3c(N)cccc3Cl)CCCCCC2)CC1.Cl. The van der Waals surface area contributed by atoms with Crippen LogP contribution in [0.15, 0.2) is 18.2 Å². The van der Waals surface area contributed by atoms with Gasteiger partial charge in [-0.25, -0.2) is 8.42 Å². The Balaban J connectivity index is 0.00000363. The van der Waals surface area contributed by atoms with Gasteiger partial charge in [-0.2, -0.15) is 4.31 Å². The minimum absolute atomic E-state index is 0. The Kier molecular flexibility index (Phi) is 10.3. The van der Waals surface area contributed by atoms with Crippen LogP contribution in [0.25, 0.3) is 0 Å². The molecule has 182 valence electrons. The number of benzene rings is 1. The standard InChI is InChI=1S/C23H36ClN3O3S.ClH/c1-2-18-31(29,30)27-16-14-26(15-17-27)23(11-5-3-4-6-12-23)13-10-21(28)22-19(24)8-7-9-20(22)25;/h7-9H,2-6,10-18,25H2,1H3;1H. The van der Waals surface area contributed by atoms with E-state index in [0.717, 1.165) is 45.2 Å². The van der Waals surface area contributed by atoms with Gasteiger partial charge in [0.15, 0.2) is 5.78 Å². The summed E-state index contributed by atoms with van der Waals surface area (Å²) in [5.74, 6) is 0.210. The molecule has 0 bridgehead atoms. The Hall–Kier alpha value is -0.860. The number of rotatable bonds is 8. The third-order valence-corrected chi connectivity index (χ3v) is 9.33. The van der Waals surface area contributed by atoms with E-state index in [2.05, 4.69) is 4.90 Å². The first kappa shape index (κ1) is 27.4. The molecule has 0 aromatic heterocycles. The van der Waals surface area contributed by atoms with Gasteiger partial charge in [0.25, 0.3) is 0 Å². The van der Waals surface area contributed by atoms with Crippen molar-refractivity contribution >= 4 is 45.5 Å². The molecule has 32 heavy (non-hydrogen) atoms. The summed E-state index contributed by atoms with van der Waals surface area (Å²) < 4.78 is 26.6. The van der Waals surface area contributed by atoms with Gasteiger partial charge in [0.1, 0.15) is 0 Å². The van der Waals surface area contributed by atoms with Crippen LogP contribution in [0.4, 0.5) is 5.69 Å². The summed E-state index contributed by atoms with van der Waals surface area (Å²) >= 11 is 6.27. The molecule has 9 heteroatoms. The summed E-state index contributed by atoms with van der Waals surface area (Å²) in [5.41, 5.74) is 6.85. The second kappa shape index (κ2) is 12.0. The summed E-state index contributed by atoms with van der Waals surface area (Å²) in [6, 6.07) is 5.19. The maximum absolute atomic E-state index is 13.0. The Bertz CT molecular complexity index is 843. The Morgan fingerprint density at radius 3 is 2.28 bits per heavy atom. The minimum Gasteiger partial charge on any atom is -0.398 e. The smallest absolute Gasteiger partial charge is 0.214 e. The number of nitrogens with zero attached hydrogens (tertiary/aromatic N) is 2. The van der Waals surface area contributed by atoms with Crippen LogP contribution >= 0.6 is 24.0 Å². The van der Waals surface area contributed by atoms with E-state index in [0.29, 0.717) is 42.2 Å². The van der Waals surface area contributed by atoms with E-state index in [1.165, 1.54) is 12.8 Å². The lowest BCUT2D eigenvalue weighted by atomic mass is 9.82. The van der Waals surface area contributed by atoms with E-state index >= 15 is 0 Å². The van der Waals surface area contributed by atoms with Gasteiger partial charge in [-0.15, -0.1) is 12.4 Å². The number of sulfonamides is 1. The van der Waals surface area contributed by atoms with Crippen molar-refractivity contribution in [2.45, 2.75) is 70.3 Å². The average molecular weight is 507 g/mol. The number of carbonyl (C=O) groups excluding carboxylic acids is 1. The normalized spacial score (nSPS) is 20.3. The van der Waals surface area contributed by atoms with Gasteiger partial charge in [-0.3, -0.25) is 9.69 Å². The zero-order valence-corrected chi connectivity index (χ0v) is 21.4. The number of ketones is 1. The molecule has 1 saturated carbocycles. The molecule has 0 radical (unpaired) electrons. The van der Waals surface area contributed by atoms with E-state index in [-0.39, 0.29) is 29.5 Å². The molecule has 0 spiro atoms. The van der Waals surface area contributed by atoms with Gasteiger partial charge in [-0.1, -0.05) is 50.3 Å². The van der Waals surface area contributed by atoms with Crippen molar-refractivity contribution in [1.82, 2.24) is 9.21 Å². The van der Waals surface area contributed by atoms with Crippen LogP contribution in [-0.2, 0) is 10.0 Å². The zero-order chi connectivity index (χ0) is 22.5. The van der Waals surface area contributed by atoms with Crippen molar-refractivity contribution in [1.29, 1.82) is 0 Å². The summed E-state index contributed by atoms with van der Waals surface area (Å²) in [7, 11) is -3.16. The zero-order valence-electron chi connectivity index (χ0n) is 19.0. The first-order valence-corrected chi connectivity index (χ1v) is 13.6. The summed E-state index contributed by atoms with van der Waals surface area (Å²) in [5, 5.41) is 0.412. The molecule has 1 aromatic rings. The fourth-order valence-electron chi connectivity index (χ4n) is 5.24. The number of nitrogens with two attached hydrogens (primary N) is 1. The van der Waals surface area contributed by atoms with Crippen molar-refractivity contribution in [2.75, 3.05) is 37.7 Å². The van der Waals surface area contributed by atoms with E-state index < -0.39 is 10.0 Å². The van der Waals surface area contributed by atoms with Gasteiger partial charge in [0, 0.05) is 43.8 Å². The molecular weight excluding hydrogens is 469 g/mol. The third kappa shape index (κ3) is 6.38. The number of nitrogen functional groups attached to an aromatic ring is 1.